The summed E-state index contributed by atoms with van der Waals surface area (Å²) < 4.78 is 0. The minimum Gasteiger partial charge on any atom is -0.322 e. The Bertz CT molecular complexity index is 538. The number of rotatable bonds is 2. The van der Waals surface area contributed by atoms with Crippen LogP contribution in [0.2, 0.25) is 0 Å². The third-order valence-electron chi connectivity index (χ3n) is 2.14. The van der Waals surface area contributed by atoms with Crippen molar-refractivity contribution >= 4 is 22.8 Å². The van der Waals surface area contributed by atoms with E-state index in [2.05, 4.69) is 15.3 Å². The first kappa shape index (κ1) is 10.5. The van der Waals surface area contributed by atoms with Crippen molar-refractivity contribution in [3.05, 3.63) is 30.0 Å². The SMILES string of the molecule is Cc1ccc2ccc(NC(=O)CN)nc2n1. The molecular formula is C11H12N4O. The van der Waals surface area contributed by atoms with Crippen molar-refractivity contribution in [2.75, 3.05) is 11.9 Å². The third kappa shape index (κ3) is 2.14. The lowest BCUT2D eigenvalue weighted by molar-refractivity contribution is -0.114. The van der Waals surface area contributed by atoms with Crippen LogP contribution < -0.4 is 11.1 Å². The second-order valence-corrected chi connectivity index (χ2v) is 3.45. The number of hydrogen-bond donors (Lipinski definition) is 2. The maximum Gasteiger partial charge on any atom is 0.239 e. The Kier molecular flexibility index (Phi) is 2.78. The summed E-state index contributed by atoms with van der Waals surface area (Å²) >= 11 is 0. The molecule has 2 rings (SSSR count). The molecule has 16 heavy (non-hydrogen) atoms. The van der Waals surface area contributed by atoms with Crippen LogP contribution in [0.5, 0.6) is 0 Å². The van der Waals surface area contributed by atoms with Crippen molar-refractivity contribution < 1.29 is 4.79 Å². The standard InChI is InChI=1S/C11H12N4O/c1-7-2-3-8-4-5-9(14-10(16)6-12)15-11(8)13-7/h2-5H,6,12H2,1H3,(H,13,14,15,16). The Balaban J connectivity index is 2.39. The number of nitrogens with zero attached hydrogens (tertiary/aromatic N) is 2. The molecule has 0 radical (unpaired) electrons. The van der Waals surface area contributed by atoms with Crippen molar-refractivity contribution in [3.63, 3.8) is 0 Å². The average molecular weight is 216 g/mol. The Morgan fingerprint density at radius 1 is 1.31 bits per heavy atom. The molecule has 2 heterocycles. The van der Waals surface area contributed by atoms with Gasteiger partial charge in [0.2, 0.25) is 5.91 Å². The minimum absolute atomic E-state index is 0.0546. The second kappa shape index (κ2) is 4.24. The zero-order chi connectivity index (χ0) is 11.5. The number of carbonyl (C=O) groups is 1. The highest BCUT2D eigenvalue weighted by atomic mass is 16.1. The number of carbonyl (C=O) groups excluding carboxylic acids is 1. The molecule has 82 valence electrons. The summed E-state index contributed by atoms with van der Waals surface area (Å²) in [5, 5.41) is 3.53. The first-order valence-electron chi connectivity index (χ1n) is 4.93. The molecular weight excluding hydrogens is 204 g/mol. The van der Waals surface area contributed by atoms with Crippen LogP contribution in [0.3, 0.4) is 0 Å². The van der Waals surface area contributed by atoms with Gasteiger partial charge in [0.05, 0.1) is 6.54 Å². The van der Waals surface area contributed by atoms with Gasteiger partial charge in [-0.3, -0.25) is 4.79 Å². The molecule has 0 fully saturated rings. The number of fused-ring (bicyclic) bond motifs is 1. The van der Waals surface area contributed by atoms with E-state index >= 15 is 0 Å². The lowest BCUT2D eigenvalue weighted by atomic mass is 10.2. The smallest absolute Gasteiger partial charge is 0.239 e. The van der Waals surface area contributed by atoms with Crippen molar-refractivity contribution in [2.45, 2.75) is 6.92 Å². The van der Waals surface area contributed by atoms with Crippen molar-refractivity contribution in [1.82, 2.24) is 9.97 Å². The van der Waals surface area contributed by atoms with Crippen LogP contribution in [0.15, 0.2) is 24.3 Å². The van der Waals surface area contributed by atoms with Gasteiger partial charge < -0.3 is 11.1 Å². The fourth-order valence-corrected chi connectivity index (χ4v) is 1.36. The lowest BCUT2D eigenvalue weighted by Crippen LogP contribution is -2.22. The van der Waals surface area contributed by atoms with E-state index in [0.29, 0.717) is 11.5 Å². The van der Waals surface area contributed by atoms with Gasteiger partial charge in [-0.15, -0.1) is 0 Å². The lowest BCUT2D eigenvalue weighted by Gasteiger charge is -2.04. The van der Waals surface area contributed by atoms with Gasteiger partial charge in [-0.2, -0.15) is 0 Å². The van der Waals surface area contributed by atoms with Gasteiger partial charge in [0, 0.05) is 11.1 Å². The van der Waals surface area contributed by atoms with Crippen LogP contribution in [0, 0.1) is 6.92 Å². The summed E-state index contributed by atoms with van der Waals surface area (Å²) in [4.78, 5) is 19.6. The van der Waals surface area contributed by atoms with Gasteiger partial charge in [0.1, 0.15) is 5.82 Å². The molecule has 0 aliphatic rings. The van der Waals surface area contributed by atoms with Crippen molar-refractivity contribution in [2.24, 2.45) is 5.73 Å². The fraction of sp³-hybridized carbons (Fsp3) is 0.182. The highest BCUT2D eigenvalue weighted by Crippen LogP contribution is 2.13. The highest BCUT2D eigenvalue weighted by molar-refractivity contribution is 5.92. The van der Waals surface area contributed by atoms with E-state index in [1.807, 2.05) is 25.1 Å². The molecule has 0 saturated heterocycles. The Morgan fingerprint density at radius 2 is 2.06 bits per heavy atom. The zero-order valence-corrected chi connectivity index (χ0v) is 8.90. The fourth-order valence-electron chi connectivity index (χ4n) is 1.36. The van der Waals surface area contributed by atoms with Crippen LogP contribution in [0.25, 0.3) is 11.0 Å². The molecule has 0 aliphatic carbocycles. The largest absolute Gasteiger partial charge is 0.322 e. The van der Waals surface area contributed by atoms with E-state index in [4.69, 9.17) is 5.73 Å². The molecule has 3 N–H and O–H groups in total. The normalized spacial score (nSPS) is 10.4. The highest BCUT2D eigenvalue weighted by Gasteiger charge is 2.02. The molecule has 0 aromatic carbocycles. The van der Waals surface area contributed by atoms with E-state index in [1.165, 1.54) is 0 Å². The van der Waals surface area contributed by atoms with Crippen LogP contribution in [0.4, 0.5) is 5.82 Å². The topological polar surface area (TPSA) is 80.9 Å². The summed E-state index contributed by atoms with van der Waals surface area (Å²) in [6, 6.07) is 7.45. The monoisotopic (exact) mass is 216 g/mol. The van der Waals surface area contributed by atoms with Gasteiger partial charge in [0.15, 0.2) is 5.65 Å². The number of pyridine rings is 2. The molecule has 1 amide bonds. The van der Waals surface area contributed by atoms with E-state index in [0.717, 1.165) is 11.1 Å². The van der Waals surface area contributed by atoms with E-state index in [-0.39, 0.29) is 12.5 Å². The molecule has 0 unspecified atom stereocenters. The number of aryl methyl sites for hydroxylation is 1. The number of nitrogens with one attached hydrogen (secondary N) is 1. The van der Waals surface area contributed by atoms with Crippen molar-refractivity contribution in [1.29, 1.82) is 0 Å². The minimum atomic E-state index is -0.264. The average Bonchev–Trinajstić information content (AvgIpc) is 2.28. The summed E-state index contributed by atoms with van der Waals surface area (Å²) in [5.41, 5.74) is 6.71. The predicted octanol–water partition coefficient (Wildman–Crippen LogP) is 0.835. The van der Waals surface area contributed by atoms with Crippen LogP contribution in [-0.2, 0) is 4.79 Å². The molecule has 0 saturated carbocycles. The first-order chi connectivity index (χ1) is 7.69. The maximum atomic E-state index is 11.1. The zero-order valence-electron chi connectivity index (χ0n) is 8.90. The molecule has 0 bridgehead atoms. The molecule has 5 heteroatoms. The second-order valence-electron chi connectivity index (χ2n) is 3.45. The van der Waals surface area contributed by atoms with Crippen molar-refractivity contribution in [3.8, 4) is 0 Å². The first-order valence-corrected chi connectivity index (χ1v) is 4.93. The Hall–Kier alpha value is -2.01. The number of aromatic nitrogens is 2. The maximum absolute atomic E-state index is 11.1. The van der Waals surface area contributed by atoms with Crippen LogP contribution >= 0.6 is 0 Å². The number of amides is 1. The van der Waals surface area contributed by atoms with Gasteiger partial charge in [-0.25, -0.2) is 9.97 Å². The van der Waals surface area contributed by atoms with Gasteiger partial charge in [0.25, 0.3) is 0 Å². The summed E-state index contributed by atoms with van der Waals surface area (Å²) in [5.74, 6) is 0.209. The van der Waals surface area contributed by atoms with Crippen LogP contribution in [0.1, 0.15) is 5.69 Å². The van der Waals surface area contributed by atoms with E-state index in [9.17, 15) is 4.79 Å². The summed E-state index contributed by atoms with van der Waals surface area (Å²) in [6.45, 7) is 1.84. The van der Waals surface area contributed by atoms with Gasteiger partial charge >= 0.3 is 0 Å². The van der Waals surface area contributed by atoms with E-state index in [1.54, 1.807) is 6.07 Å². The predicted molar refractivity (Wildman–Crippen MR) is 62.0 cm³/mol. The molecule has 0 aliphatic heterocycles. The number of nitrogens with two attached hydrogens (primary N) is 1. The molecule has 0 atom stereocenters. The number of anilines is 1. The summed E-state index contributed by atoms with van der Waals surface area (Å²) in [7, 11) is 0. The Labute approximate surface area is 92.7 Å². The molecule has 2 aromatic heterocycles. The van der Waals surface area contributed by atoms with Gasteiger partial charge in [-0.05, 0) is 31.2 Å². The van der Waals surface area contributed by atoms with Crippen LogP contribution in [-0.4, -0.2) is 22.4 Å². The molecule has 5 nitrogen and oxygen atoms in total. The molecule has 2 aromatic rings. The quantitative estimate of drug-likeness (QED) is 0.779. The Morgan fingerprint density at radius 3 is 2.81 bits per heavy atom. The number of hydrogen-bond acceptors (Lipinski definition) is 4. The third-order valence-corrected chi connectivity index (χ3v) is 2.14. The molecule has 0 spiro atoms. The van der Waals surface area contributed by atoms with E-state index < -0.39 is 0 Å². The van der Waals surface area contributed by atoms with Gasteiger partial charge in [-0.1, -0.05) is 0 Å². The summed E-state index contributed by atoms with van der Waals surface area (Å²) in [6.07, 6.45) is 0.